The second-order valence-electron chi connectivity index (χ2n) is 4.95. The standard InChI is InChI=1S/C14H18ClNO3/c1-8(2)6-12(14(18)19)16-13(17)11-7-10(15)5-4-9(11)3/h4-5,7-8,12H,6H2,1-3H3,(H,16,17)(H,18,19). The number of hydrogen-bond acceptors (Lipinski definition) is 2. The summed E-state index contributed by atoms with van der Waals surface area (Å²) >= 11 is 5.85. The second-order valence-corrected chi connectivity index (χ2v) is 5.39. The third-order valence-corrected chi connectivity index (χ3v) is 2.99. The number of carbonyl (C=O) groups is 2. The molecule has 5 heteroatoms. The van der Waals surface area contributed by atoms with Crippen LogP contribution in [0.2, 0.25) is 5.02 Å². The average Bonchev–Trinajstić information content (AvgIpc) is 2.30. The fourth-order valence-electron chi connectivity index (χ4n) is 1.77. The molecule has 1 unspecified atom stereocenters. The van der Waals surface area contributed by atoms with E-state index in [2.05, 4.69) is 5.32 Å². The van der Waals surface area contributed by atoms with Crippen molar-refractivity contribution < 1.29 is 14.7 Å². The maximum atomic E-state index is 12.1. The van der Waals surface area contributed by atoms with E-state index in [-0.39, 0.29) is 5.92 Å². The van der Waals surface area contributed by atoms with Gasteiger partial charge < -0.3 is 10.4 Å². The zero-order chi connectivity index (χ0) is 14.6. The molecule has 0 saturated carbocycles. The third kappa shape index (κ3) is 4.56. The van der Waals surface area contributed by atoms with Crippen LogP contribution in [0.5, 0.6) is 0 Å². The maximum absolute atomic E-state index is 12.1. The van der Waals surface area contributed by atoms with Crippen LogP contribution in [0, 0.1) is 12.8 Å². The van der Waals surface area contributed by atoms with Gasteiger partial charge in [-0.05, 0) is 37.0 Å². The van der Waals surface area contributed by atoms with E-state index in [1.807, 2.05) is 13.8 Å². The molecule has 1 aromatic rings. The van der Waals surface area contributed by atoms with Gasteiger partial charge in [0.2, 0.25) is 0 Å². The van der Waals surface area contributed by atoms with Gasteiger partial charge in [0, 0.05) is 10.6 Å². The van der Waals surface area contributed by atoms with Crippen molar-refractivity contribution in [3.63, 3.8) is 0 Å². The van der Waals surface area contributed by atoms with Crippen LogP contribution in [-0.4, -0.2) is 23.0 Å². The Morgan fingerprint density at radius 1 is 1.37 bits per heavy atom. The molecule has 4 nitrogen and oxygen atoms in total. The van der Waals surface area contributed by atoms with Crippen molar-refractivity contribution in [3.8, 4) is 0 Å². The van der Waals surface area contributed by atoms with E-state index in [9.17, 15) is 9.59 Å². The lowest BCUT2D eigenvalue weighted by molar-refractivity contribution is -0.139. The Hall–Kier alpha value is -1.55. The number of carboxylic acid groups (broad SMARTS) is 1. The minimum Gasteiger partial charge on any atom is -0.480 e. The Labute approximate surface area is 117 Å². The molecule has 1 aromatic carbocycles. The first-order valence-electron chi connectivity index (χ1n) is 6.11. The van der Waals surface area contributed by atoms with E-state index in [0.29, 0.717) is 17.0 Å². The molecular weight excluding hydrogens is 266 g/mol. The molecule has 0 bridgehead atoms. The monoisotopic (exact) mass is 283 g/mol. The Kier molecular flexibility index (Phi) is 5.36. The van der Waals surface area contributed by atoms with Gasteiger partial charge in [-0.2, -0.15) is 0 Å². The summed E-state index contributed by atoms with van der Waals surface area (Å²) < 4.78 is 0. The van der Waals surface area contributed by atoms with Crippen LogP contribution in [0.4, 0.5) is 0 Å². The van der Waals surface area contributed by atoms with E-state index in [1.54, 1.807) is 25.1 Å². The lowest BCUT2D eigenvalue weighted by atomic mass is 10.0. The molecule has 0 aliphatic heterocycles. The summed E-state index contributed by atoms with van der Waals surface area (Å²) in [4.78, 5) is 23.2. The normalized spacial score (nSPS) is 12.3. The van der Waals surface area contributed by atoms with Crippen molar-refractivity contribution in [2.24, 2.45) is 5.92 Å². The van der Waals surface area contributed by atoms with Crippen molar-refractivity contribution in [1.82, 2.24) is 5.32 Å². The quantitative estimate of drug-likeness (QED) is 0.873. The van der Waals surface area contributed by atoms with Crippen LogP contribution < -0.4 is 5.32 Å². The van der Waals surface area contributed by atoms with Gasteiger partial charge in [-0.1, -0.05) is 31.5 Å². The topological polar surface area (TPSA) is 66.4 Å². The van der Waals surface area contributed by atoms with E-state index < -0.39 is 17.9 Å². The van der Waals surface area contributed by atoms with Gasteiger partial charge in [0.05, 0.1) is 0 Å². The molecule has 0 heterocycles. The van der Waals surface area contributed by atoms with Gasteiger partial charge in [-0.3, -0.25) is 4.79 Å². The van der Waals surface area contributed by atoms with Crippen LogP contribution in [0.1, 0.15) is 36.2 Å². The lowest BCUT2D eigenvalue weighted by Gasteiger charge is -2.17. The molecule has 0 fully saturated rings. The van der Waals surface area contributed by atoms with Gasteiger partial charge in [0.25, 0.3) is 5.91 Å². The molecule has 0 aromatic heterocycles. The first kappa shape index (κ1) is 15.5. The predicted molar refractivity (Wildman–Crippen MR) is 74.5 cm³/mol. The molecule has 1 atom stereocenters. The summed E-state index contributed by atoms with van der Waals surface area (Å²) in [6.07, 6.45) is 0.390. The molecule has 2 N–H and O–H groups in total. The van der Waals surface area contributed by atoms with Gasteiger partial charge >= 0.3 is 5.97 Å². The lowest BCUT2D eigenvalue weighted by Crippen LogP contribution is -2.41. The van der Waals surface area contributed by atoms with Crippen molar-refractivity contribution in [2.45, 2.75) is 33.2 Å². The molecule has 0 saturated heterocycles. The van der Waals surface area contributed by atoms with Gasteiger partial charge in [0.1, 0.15) is 6.04 Å². The number of aryl methyl sites for hydroxylation is 1. The van der Waals surface area contributed by atoms with Gasteiger partial charge in [-0.25, -0.2) is 4.79 Å². The van der Waals surface area contributed by atoms with Crippen molar-refractivity contribution in [2.75, 3.05) is 0 Å². The molecule has 0 aliphatic rings. The Balaban J connectivity index is 2.87. The van der Waals surface area contributed by atoms with Crippen LogP contribution in [0.15, 0.2) is 18.2 Å². The minimum absolute atomic E-state index is 0.182. The molecule has 0 radical (unpaired) electrons. The first-order valence-corrected chi connectivity index (χ1v) is 6.49. The summed E-state index contributed by atoms with van der Waals surface area (Å²) in [6, 6.07) is 4.08. The number of aliphatic carboxylic acids is 1. The summed E-state index contributed by atoms with van der Waals surface area (Å²) in [5, 5.41) is 12.1. The van der Waals surface area contributed by atoms with Crippen LogP contribution >= 0.6 is 11.6 Å². The van der Waals surface area contributed by atoms with Crippen LogP contribution in [-0.2, 0) is 4.79 Å². The second kappa shape index (κ2) is 6.57. The average molecular weight is 284 g/mol. The molecule has 1 amide bonds. The number of carboxylic acids is 1. The van der Waals surface area contributed by atoms with Crippen molar-refractivity contribution in [3.05, 3.63) is 34.3 Å². The molecule has 19 heavy (non-hydrogen) atoms. The maximum Gasteiger partial charge on any atom is 0.326 e. The third-order valence-electron chi connectivity index (χ3n) is 2.75. The minimum atomic E-state index is -1.03. The SMILES string of the molecule is Cc1ccc(Cl)cc1C(=O)NC(CC(C)C)C(=O)O. The molecule has 0 aliphatic carbocycles. The van der Waals surface area contributed by atoms with Crippen LogP contribution in [0.25, 0.3) is 0 Å². The number of rotatable bonds is 5. The molecule has 0 spiro atoms. The Morgan fingerprint density at radius 2 is 2.00 bits per heavy atom. The highest BCUT2D eigenvalue weighted by Gasteiger charge is 2.22. The Morgan fingerprint density at radius 3 is 2.53 bits per heavy atom. The summed E-state index contributed by atoms with van der Waals surface area (Å²) in [7, 11) is 0. The highest BCUT2D eigenvalue weighted by atomic mass is 35.5. The molecule has 104 valence electrons. The fourth-order valence-corrected chi connectivity index (χ4v) is 1.94. The van der Waals surface area contributed by atoms with E-state index in [4.69, 9.17) is 16.7 Å². The fraction of sp³-hybridized carbons (Fsp3) is 0.429. The summed E-state index contributed by atoms with van der Waals surface area (Å²) in [5.74, 6) is -1.25. The van der Waals surface area contributed by atoms with Gasteiger partial charge in [-0.15, -0.1) is 0 Å². The largest absolute Gasteiger partial charge is 0.480 e. The number of amides is 1. The summed E-state index contributed by atoms with van der Waals surface area (Å²) in [5.41, 5.74) is 1.16. The highest BCUT2D eigenvalue weighted by molar-refractivity contribution is 6.31. The van der Waals surface area contributed by atoms with Gasteiger partial charge in [0.15, 0.2) is 0 Å². The van der Waals surface area contributed by atoms with E-state index in [1.165, 1.54) is 0 Å². The van der Waals surface area contributed by atoms with Crippen molar-refractivity contribution in [1.29, 1.82) is 0 Å². The molecular formula is C14H18ClNO3. The van der Waals surface area contributed by atoms with Crippen LogP contribution in [0.3, 0.4) is 0 Å². The Bertz CT molecular complexity index is 486. The first-order chi connectivity index (χ1) is 8.81. The summed E-state index contributed by atoms with van der Waals surface area (Å²) in [6.45, 7) is 5.60. The smallest absolute Gasteiger partial charge is 0.326 e. The van der Waals surface area contributed by atoms with Crippen molar-refractivity contribution >= 4 is 23.5 Å². The zero-order valence-electron chi connectivity index (χ0n) is 11.2. The predicted octanol–water partition coefficient (Wildman–Crippen LogP) is 2.88. The number of hydrogen-bond donors (Lipinski definition) is 2. The number of halogens is 1. The number of benzene rings is 1. The van der Waals surface area contributed by atoms with E-state index >= 15 is 0 Å². The number of nitrogens with one attached hydrogen (secondary N) is 1. The van der Waals surface area contributed by atoms with E-state index in [0.717, 1.165) is 5.56 Å². The number of carbonyl (C=O) groups excluding carboxylic acids is 1. The zero-order valence-corrected chi connectivity index (χ0v) is 12.0. The molecule has 1 rings (SSSR count). The highest BCUT2D eigenvalue weighted by Crippen LogP contribution is 2.16.